The monoisotopic (exact) mass is 346 g/mol. The second-order valence-corrected chi connectivity index (χ2v) is 5.27. The molecule has 0 fully saturated rings. The standard InChI is InChI=1S/C15H15BrN4O/c1-3-8-17-15(21)11(2)19-12-9-18-20(10-12)14-7-5-4-6-13(14)16/h1,4-7,9-11,19H,8H2,2H3,(H,17,21). The number of para-hydroxylation sites is 1. The highest BCUT2D eigenvalue weighted by Crippen LogP contribution is 2.21. The van der Waals surface area contributed by atoms with Crippen molar-refractivity contribution in [2.24, 2.45) is 0 Å². The van der Waals surface area contributed by atoms with Gasteiger partial charge in [0.2, 0.25) is 5.91 Å². The van der Waals surface area contributed by atoms with Crippen LogP contribution in [-0.4, -0.2) is 28.3 Å². The second kappa shape index (κ2) is 6.95. The van der Waals surface area contributed by atoms with Gasteiger partial charge in [0.1, 0.15) is 6.04 Å². The van der Waals surface area contributed by atoms with Gasteiger partial charge in [0, 0.05) is 4.47 Å². The predicted molar refractivity (Wildman–Crippen MR) is 86.2 cm³/mol. The van der Waals surface area contributed by atoms with E-state index in [4.69, 9.17) is 6.42 Å². The Hall–Kier alpha value is -2.26. The zero-order chi connectivity index (χ0) is 15.2. The number of anilines is 1. The molecule has 0 radical (unpaired) electrons. The molecule has 1 amide bonds. The van der Waals surface area contributed by atoms with Crippen LogP contribution in [0.4, 0.5) is 5.69 Å². The van der Waals surface area contributed by atoms with Crippen molar-refractivity contribution >= 4 is 27.5 Å². The number of amides is 1. The molecule has 0 saturated heterocycles. The average Bonchev–Trinajstić information content (AvgIpc) is 2.93. The molecule has 2 N–H and O–H groups in total. The van der Waals surface area contributed by atoms with Gasteiger partial charge in [-0.1, -0.05) is 18.1 Å². The highest BCUT2D eigenvalue weighted by Gasteiger charge is 2.13. The Morgan fingerprint density at radius 1 is 1.52 bits per heavy atom. The summed E-state index contributed by atoms with van der Waals surface area (Å²) < 4.78 is 2.68. The van der Waals surface area contributed by atoms with Crippen molar-refractivity contribution in [3.8, 4) is 18.0 Å². The van der Waals surface area contributed by atoms with E-state index in [1.165, 1.54) is 0 Å². The summed E-state index contributed by atoms with van der Waals surface area (Å²) in [4.78, 5) is 11.7. The van der Waals surface area contributed by atoms with Crippen LogP contribution >= 0.6 is 15.9 Å². The first kappa shape index (κ1) is 15.1. The highest BCUT2D eigenvalue weighted by molar-refractivity contribution is 9.10. The average molecular weight is 347 g/mol. The lowest BCUT2D eigenvalue weighted by molar-refractivity contribution is -0.121. The smallest absolute Gasteiger partial charge is 0.242 e. The number of terminal acetylenes is 1. The van der Waals surface area contributed by atoms with E-state index in [2.05, 4.69) is 37.6 Å². The minimum Gasteiger partial charge on any atom is -0.371 e. The molecule has 6 heteroatoms. The Bertz CT molecular complexity index is 674. The fourth-order valence-electron chi connectivity index (χ4n) is 1.77. The van der Waals surface area contributed by atoms with Crippen LogP contribution in [0.3, 0.4) is 0 Å². The van der Waals surface area contributed by atoms with Crippen LogP contribution in [0.5, 0.6) is 0 Å². The molecule has 1 unspecified atom stereocenters. The predicted octanol–water partition coefficient (Wildman–Crippen LogP) is 2.18. The number of halogens is 1. The van der Waals surface area contributed by atoms with Crippen LogP contribution in [0, 0.1) is 12.3 Å². The Balaban J connectivity index is 2.06. The molecule has 0 saturated carbocycles. The van der Waals surface area contributed by atoms with Crippen molar-refractivity contribution in [3.63, 3.8) is 0 Å². The van der Waals surface area contributed by atoms with Gasteiger partial charge in [-0.15, -0.1) is 6.42 Å². The lowest BCUT2D eigenvalue weighted by Gasteiger charge is -2.12. The van der Waals surface area contributed by atoms with Gasteiger partial charge in [-0.25, -0.2) is 4.68 Å². The van der Waals surface area contributed by atoms with Gasteiger partial charge in [-0.2, -0.15) is 5.10 Å². The summed E-state index contributed by atoms with van der Waals surface area (Å²) in [6, 6.07) is 7.37. The first-order valence-corrected chi connectivity index (χ1v) is 7.18. The van der Waals surface area contributed by atoms with Crippen molar-refractivity contribution in [1.29, 1.82) is 0 Å². The van der Waals surface area contributed by atoms with E-state index in [9.17, 15) is 4.79 Å². The molecule has 1 atom stereocenters. The van der Waals surface area contributed by atoms with Crippen LogP contribution in [0.25, 0.3) is 5.69 Å². The number of carbonyl (C=O) groups excluding carboxylic acids is 1. The van der Waals surface area contributed by atoms with Crippen molar-refractivity contribution in [2.75, 3.05) is 11.9 Å². The summed E-state index contributed by atoms with van der Waals surface area (Å²) in [6.07, 6.45) is 8.60. The van der Waals surface area contributed by atoms with Gasteiger partial charge in [0.15, 0.2) is 0 Å². The normalized spacial score (nSPS) is 11.5. The number of carbonyl (C=O) groups is 1. The summed E-state index contributed by atoms with van der Waals surface area (Å²) in [7, 11) is 0. The Labute approximate surface area is 131 Å². The van der Waals surface area contributed by atoms with Gasteiger partial charge in [-0.3, -0.25) is 4.79 Å². The maximum atomic E-state index is 11.7. The lowest BCUT2D eigenvalue weighted by atomic mass is 10.3. The molecule has 1 aromatic heterocycles. The maximum Gasteiger partial charge on any atom is 0.242 e. The third kappa shape index (κ3) is 3.86. The number of hydrogen-bond acceptors (Lipinski definition) is 3. The van der Waals surface area contributed by atoms with E-state index in [1.54, 1.807) is 17.8 Å². The van der Waals surface area contributed by atoms with Crippen LogP contribution in [0.1, 0.15) is 6.92 Å². The Morgan fingerprint density at radius 2 is 2.29 bits per heavy atom. The third-order valence-corrected chi connectivity index (χ3v) is 3.49. The Morgan fingerprint density at radius 3 is 3.00 bits per heavy atom. The molecular formula is C15H15BrN4O. The number of benzene rings is 1. The number of hydrogen-bond donors (Lipinski definition) is 2. The largest absolute Gasteiger partial charge is 0.371 e. The molecule has 2 aromatic rings. The van der Waals surface area contributed by atoms with E-state index in [0.29, 0.717) is 0 Å². The van der Waals surface area contributed by atoms with Gasteiger partial charge >= 0.3 is 0 Å². The van der Waals surface area contributed by atoms with E-state index < -0.39 is 6.04 Å². The third-order valence-electron chi connectivity index (χ3n) is 2.82. The summed E-state index contributed by atoms with van der Waals surface area (Å²) in [5.74, 6) is 2.22. The van der Waals surface area contributed by atoms with Crippen molar-refractivity contribution < 1.29 is 4.79 Å². The van der Waals surface area contributed by atoms with E-state index >= 15 is 0 Å². The second-order valence-electron chi connectivity index (χ2n) is 4.41. The van der Waals surface area contributed by atoms with E-state index in [1.807, 2.05) is 30.5 Å². The van der Waals surface area contributed by atoms with Gasteiger partial charge < -0.3 is 10.6 Å². The minimum absolute atomic E-state index is 0.151. The van der Waals surface area contributed by atoms with Crippen molar-refractivity contribution in [2.45, 2.75) is 13.0 Å². The SMILES string of the molecule is C#CCNC(=O)C(C)Nc1cnn(-c2ccccc2Br)c1. The lowest BCUT2D eigenvalue weighted by Crippen LogP contribution is -2.37. The summed E-state index contributed by atoms with van der Waals surface area (Å²) in [5, 5.41) is 9.99. The van der Waals surface area contributed by atoms with Gasteiger partial charge in [0.25, 0.3) is 0 Å². The molecule has 0 aliphatic heterocycles. The van der Waals surface area contributed by atoms with Crippen LogP contribution in [0.15, 0.2) is 41.1 Å². The zero-order valence-corrected chi connectivity index (χ0v) is 13.1. The molecule has 0 aliphatic rings. The molecule has 21 heavy (non-hydrogen) atoms. The van der Waals surface area contributed by atoms with Gasteiger partial charge in [0.05, 0.1) is 30.3 Å². The van der Waals surface area contributed by atoms with Crippen LogP contribution in [-0.2, 0) is 4.79 Å². The van der Waals surface area contributed by atoms with E-state index in [0.717, 1.165) is 15.8 Å². The zero-order valence-electron chi connectivity index (χ0n) is 11.5. The number of rotatable bonds is 5. The first-order chi connectivity index (χ1) is 10.1. The fraction of sp³-hybridized carbons (Fsp3) is 0.200. The molecule has 0 aliphatic carbocycles. The van der Waals surface area contributed by atoms with E-state index in [-0.39, 0.29) is 12.5 Å². The molecule has 1 heterocycles. The molecule has 5 nitrogen and oxygen atoms in total. The summed E-state index contributed by atoms with van der Waals surface area (Å²) in [6.45, 7) is 1.99. The molecule has 0 spiro atoms. The van der Waals surface area contributed by atoms with Crippen molar-refractivity contribution in [1.82, 2.24) is 15.1 Å². The summed E-state index contributed by atoms with van der Waals surface area (Å²) in [5.41, 5.74) is 1.68. The molecule has 2 rings (SSSR count). The molecule has 0 bridgehead atoms. The molecular weight excluding hydrogens is 332 g/mol. The highest BCUT2D eigenvalue weighted by atomic mass is 79.9. The van der Waals surface area contributed by atoms with Gasteiger partial charge in [-0.05, 0) is 35.0 Å². The van der Waals surface area contributed by atoms with Crippen molar-refractivity contribution in [3.05, 3.63) is 41.1 Å². The molecule has 108 valence electrons. The maximum absolute atomic E-state index is 11.7. The first-order valence-electron chi connectivity index (χ1n) is 6.39. The summed E-state index contributed by atoms with van der Waals surface area (Å²) >= 11 is 3.48. The van der Waals surface area contributed by atoms with Crippen LogP contribution in [0.2, 0.25) is 0 Å². The quantitative estimate of drug-likeness (QED) is 0.816. The molecule has 1 aromatic carbocycles. The number of nitrogens with one attached hydrogen (secondary N) is 2. The fourth-order valence-corrected chi connectivity index (χ4v) is 2.24. The van der Waals surface area contributed by atoms with Crippen LogP contribution < -0.4 is 10.6 Å². The Kier molecular flexibility index (Phi) is 5.01. The topological polar surface area (TPSA) is 59.0 Å². The number of aromatic nitrogens is 2. The minimum atomic E-state index is -0.393. The number of nitrogens with zero attached hydrogens (tertiary/aromatic N) is 2.